The lowest BCUT2D eigenvalue weighted by Crippen LogP contribution is -2.21. The molecule has 4 nitrogen and oxygen atoms in total. The fourth-order valence-electron chi connectivity index (χ4n) is 0.512. The van der Waals surface area contributed by atoms with Gasteiger partial charge in [-0.05, 0) is 0 Å². The van der Waals surface area contributed by atoms with Crippen LogP contribution in [-0.2, 0) is 0 Å². The second-order valence-corrected chi connectivity index (χ2v) is 1.47. The molecule has 0 saturated heterocycles. The van der Waals surface area contributed by atoms with Gasteiger partial charge in [0, 0.05) is 14.1 Å². The molecule has 0 spiro atoms. The zero-order valence-electron chi connectivity index (χ0n) is 5.89. The van der Waals surface area contributed by atoms with E-state index in [0.29, 0.717) is 5.82 Å². The first kappa shape index (κ1) is 8.32. The Morgan fingerprint density at radius 2 is 1.50 bits per heavy atom. The summed E-state index contributed by atoms with van der Waals surface area (Å²) in [6, 6.07) is 3.49. The molecule has 0 saturated carbocycles. The number of hydrogen-bond donors (Lipinski definition) is 2. The molecule has 0 radical (unpaired) electrons. The van der Waals surface area contributed by atoms with E-state index in [1.54, 1.807) is 26.2 Å². The summed E-state index contributed by atoms with van der Waals surface area (Å²) in [5, 5.41) is 22.1. The third-order valence-electron chi connectivity index (χ3n) is 0.974. The Kier molecular flexibility index (Phi) is 3.51. The van der Waals surface area contributed by atoms with Gasteiger partial charge in [0.05, 0.1) is 0 Å². The van der Waals surface area contributed by atoms with Crippen molar-refractivity contribution in [2.24, 2.45) is 0 Å². The molecular weight excluding hydrogens is 128 g/mol. The molecule has 0 unspecified atom stereocenters. The van der Waals surface area contributed by atoms with Crippen LogP contribution in [-0.4, -0.2) is 14.1 Å². The Morgan fingerprint density at radius 3 is 1.60 bits per heavy atom. The van der Waals surface area contributed by atoms with Crippen molar-refractivity contribution in [3.63, 3.8) is 0 Å². The van der Waals surface area contributed by atoms with Gasteiger partial charge in [-0.15, -0.1) is 0 Å². The fraction of sp³-hybridized carbons (Fsp3) is 0.333. The number of nitrogens with zero attached hydrogens (tertiary/aromatic N) is 2. The van der Waals surface area contributed by atoms with Crippen molar-refractivity contribution in [3.05, 3.63) is 11.4 Å². The lowest BCUT2D eigenvalue weighted by atomic mass is 10.3. The van der Waals surface area contributed by atoms with Gasteiger partial charge in [0.2, 0.25) is 0 Å². The van der Waals surface area contributed by atoms with Crippen LogP contribution >= 0.6 is 0 Å². The fourth-order valence-corrected chi connectivity index (χ4v) is 0.512. The lowest BCUT2D eigenvalue weighted by molar-refractivity contribution is 0.830. The van der Waals surface area contributed by atoms with E-state index in [-0.39, 0.29) is 5.57 Å². The van der Waals surface area contributed by atoms with Crippen molar-refractivity contribution in [2.45, 2.75) is 0 Å². The summed E-state index contributed by atoms with van der Waals surface area (Å²) in [4.78, 5) is 0. The van der Waals surface area contributed by atoms with Gasteiger partial charge < -0.3 is 10.6 Å². The second kappa shape index (κ2) is 4.22. The van der Waals surface area contributed by atoms with Gasteiger partial charge >= 0.3 is 0 Å². The lowest BCUT2D eigenvalue weighted by Gasteiger charge is -2.02. The molecule has 0 aliphatic heterocycles. The van der Waals surface area contributed by atoms with Crippen LogP contribution in [0.2, 0.25) is 0 Å². The monoisotopic (exact) mass is 136 g/mol. The second-order valence-electron chi connectivity index (χ2n) is 1.47. The third-order valence-corrected chi connectivity index (χ3v) is 0.974. The number of nitriles is 2. The summed E-state index contributed by atoms with van der Waals surface area (Å²) < 4.78 is 0. The molecule has 0 atom stereocenters. The molecule has 10 heavy (non-hydrogen) atoms. The first-order valence-corrected chi connectivity index (χ1v) is 2.70. The topological polar surface area (TPSA) is 71.6 Å². The smallest absolute Gasteiger partial charge is 0.169 e. The molecule has 0 rings (SSSR count). The van der Waals surface area contributed by atoms with Crippen molar-refractivity contribution in [1.29, 1.82) is 10.5 Å². The third kappa shape index (κ3) is 1.68. The Morgan fingerprint density at radius 1 is 1.10 bits per heavy atom. The Hall–Kier alpha value is -1.68. The van der Waals surface area contributed by atoms with Gasteiger partial charge in [-0.1, -0.05) is 0 Å². The van der Waals surface area contributed by atoms with Crippen molar-refractivity contribution in [3.8, 4) is 12.1 Å². The van der Waals surface area contributed by atoms with Crippen LogP contribution in [0, 0.1) is 22.7 Å². The molecule has 0 aromatic rings. The molecule has 0 aliphatic carbocycles. The molecule has 0 fully saturated rings. The van der Waals surface area contributed by atoms with Crippen molar-refractivity contribution in [2.75, 3.05) is 14.1 Å². The summed E-state index contributed by atoms with van der Waals surface area (Å²) in [6.07, 6.45) is 0. The van der Waals surface area contributed by atoms with Crippen LogP contribution in [0.3, 0.4) is 0 Å². The molecule has 4 heteroatoms. The van der Waals surface area contributed by atoms with Crippen molar-refractivity contribution < 1.29 is 0 Å². The first-order valence-electron chi connectivity index (χ1n) is 2.70. The highest BCUT2D eigenvalue weighted by molar-refractivity contribution is 5.38. The quantitative estimate of drug-likeness (QED) is 0.510. The number of rotatable bonds is 2. The minimum atomic E-state index is 0.0602. The highest BCUT2D eigenvalue weighted by Gasteiger charge is 1.99. The van der Waals surface area contributed by atoms with E-state index in [4.69, 9.17) is 10.5 Å². The normalized spacial score (nSPS) is 6.80. The molecule has 0 aliphatic rings. The molecule has 0 aromatic heterocycles. The van der Waals surface area contributed by atoms with E-state index < -0.39 is 0 Å². The van der Waals surface area contributed by atoms with Crippen LogP contribution in [0.4, 0.5) is 0 Å². The van der Waals surface area contributed by atoms with E-state index in [0.717, 1.165) is 0 Å². The summed E-state index contributed by atoms with van der Waals surface area (Å²) in [7, 11) is 3.28. The maximum Gasteiger partial charge on any atom is 0.169 e. The minimum absolute atomic E-state index is 0.0602. The average Bonchev–Trinajstić information content (AvgIpc) is 2.00. The maximum absolute atomic E-state index is 8.35. The van der Waals surface area contributed by atoms with Crippen LogP contribution in [0.1, 0.15) is 0 Å². The van der Waals surface area contributed by atoms with E-state index in [2.05, 4.69) is 10.6 Å². The van der Waals surface area contributed by atoms with Gasteiger partial charge in [-0.25, -0.2) is 0 Å². The minimum Gasteiger partial charge on any atom is -0.373 e. The van der Waals surface area contributed by atoms with Gasteiger partial charge in [0.25, 0.3) is 0 Å². The number of allylic oxidation sites excluding steroid dienone is 1. The van der Waals surface area contributed by atoms with Crippen molar-refractivity contribution in [1.82, 2.24) is 10.6 Å². The average molecular weight is 136 g/mol. The largest absolute Gasteiger partial charge is 0.373 e. The standard InChI is InChI=1S/C6H8N4/c1-9-6(10-2)5(3-7)4-8/h9-10H,1-2H3. The molecule has 0 heterocycles. The predicted molar refractivity (Wildman–Crippen MR) is 36.4 cm³/mol. The van der Waals surface area contributed by atoms with Crippen LogP contribution in [0.15, 0.2) is 11.4 Å². The first-order chi connectivity index (χ1) is 4.79. The van der Waals surface area contributed by atoms with E-state index in [9.17, 15) is 0 Å². The van der Waals surface area contributed by atoms with Crippen LogP contribution in [0.25, 0.3) is 0 Å². The van der Waals surface area contributed by atoms with Crippen LogP contribution < -0.4 is 10.6 Å². The Balaban J connectivity index is 4.62. The maximum atomic E-state index is 8.35. The number of hydrogen-bond acceptors (Lipinski definition) is 4. The highest BCUT2D eigenvalue weighted by atomic mass is 15.0. The van der Waals surface area contributed by atoms with E-state index >= 15 is 0 Å². The summed E-state index contributed by atoms with van der Waals surface area (Å²) in [5.41, 5.74) is 0.0602. The van der Waals surface area contributed by atoms with Gasteiger partial charge in [0.1, 0.15) is 18.0 Å². The summed E-state index contributed by atoms with van der Waals surface area (Å²) in [6.45, 7) is 0. The van der Waals surface area contributed by atoms with Crippen molar-refractivity contribution >= 4 is 0 Å². The SMILES string of the molecule is CNC(NC)=C(C#N)C#N. The number of nitrogens with one attached hydrogen (secondary N) is 2. The molecular formula is C6H8N4. The summed E-state index contributed by atoms with van der Waals surface area (Å²) >= 11 is 0. The molecule has 0 aromatic carbocycles. The molecule has 2 N–H and O–H groups in total. The Bertz CT molecular complexity index is 193. The molecule has 52 valence electrons. The van der Waals surface area contributed by atoms with Gasteiger partial charge in [-0.2, -0.15) is 10.5 Å². The van der Waals surface area contributed by atoms with E-state index in [1.165, 1.54) is 0 Å². The highest BCUT2D eigenvalue weighted by Crippen LogP contribution is 1.92. The van der Waals surface area contributed by atoms with Gasteiger partial charge in [0.15, 0.2) is 5.57 Å². The van der Waals surface area contributed by atoms with E-state index in [1.807, 2.05) is 0 Å². The molecule has 0 amide bonds. The zero-order chi connectivity index (χ0) is 7.98. The van der Waals surface area contributed by atoms with Gasteiger partial charge in [-0.3, -0.25) is 0 Å². The summed E-state index contributed by atoms with van der Waals surface area (Å²) in [5.74, 6) is 0.449. The Labute approximate surface area is 59.8 Å². The zero-order valence-corrected chi connectivity index (χ0v) is 5.89. The van der Waals surface area contributed by atoms with Crippen LogP contribution in [0.5, 0.6) is 0 Å². The predicted octanol–water partition coefficient (Wildman–Crippen LogP) is -0.316. The molecule has 0 bridgehead atoms.